The van der Waals surface area contributed by atoms with Crippen molar-refractivity contribution in [3.63, 3.8) is 0 Å². The molecule has 3 N–H and O–H groups in total. The van der Waals surface area contributed by atoms with Crippen LogP contribution in [0.1, 0.15) is 22.8 Å². The van der Waals surface area contributed by atoms with E-state index in [0.717, 1.165) is 18.7 Å². The van der Waals surface area contributed by atoms with Gasteiger partial charge in [-0.2, -0.15) is 0 Å². The van der Waals surface area contributed by atoms with Crippen LogP contribution in [0, 0.1) is 11.8 Å². The summed E-state index contributed by atoms with van der Waals surface area (Å²) in [5.74, 6) is -0.461. The number of benzene rings is 1. The molecule has 1 heterocycles. The fraction of sp³-hybridized carbons (Fsp3) is 0.467. The Hall–Kier alpha value is -1.88. The highest BCUT2D eigenvalue weighted by Crippen LogP contribution is 2.15. The molecule has 20 heavy (non-hydrogen) atoms. The molecule has 1 amide bonds. The second kappa shape index (κ2) is 6.52. The lowest BCUT2D eigenvalue weighted by atomic mass is 9.88. The molecule has 1 fully saturated rings. The van der Waals surface area contributed by atoms with Crippen molar-refractivity contribution >= 4 is 11.9 Å². The summed E-state index contributed by atoms with van der Waals surface area (Å²) in [6.45, 7) is 4.20. The summed E-state index contributed by atoms with van der Waals surface area (Å²) in [5.41, 5.74) is 1.05. The van der Waals surface area contributed by atoms with E-state index in [4.69, 9.17) is 5.11 Å². The van der Waals surface area contributed by atoms with Crippen molar-refractivity contribution in [1.82, 2.24) is 10.6 Å². The van der Waals surface area contributed by atoms with Gasteiger partial charge in [0.25, 0.3) is 0 Å². The van der Waals surface area contributed by atoms with E-state index < -0.39 is 5.97 Å². The number of carbonyl (C=O) groups is 2. The fourth-order valence-corrected chi connectivity index (χ4v) is 2.31. The smallest absolute Gasteiger partial charge is 0.335 e. The number of aromatic carboxylic acids is 1. The molecular weight excluding hydrogens is 256 g/mol. The number of carboxylic acids is 1. The van der Waals surface area contributed by atoms with Crippen molar-refractivity contribution in [2.45, 2.75) is 13.3 Å². The van der Waals surface area contributed by atoms with Gasteiger partial charge in [0.2, 0.25) is 5.91 Å². The normalized spacial score (nSPS) is 16.2. The molecule has 1 atom stereocenters. The van der Waals surface area contributed by atoms with Crippen LogP contribution in [0.15, 0.2) is 24.3 Å². The maximum atomic E-state index is 11.9. The molecule has 0 aromatic heterocycles. The number of nitrogens with one attached hydrogen (secondary N) is 2. The first-order valence-corrected chi connectivity index (χ1v) is 6.89. The van der Waals surface area contributed by atoms with Gasteiger partial charge >= 0.3 is 5.97 Å². The Bertz CT molecular complexity index is 498. The second-order valence-corrected chi connectivity index (χ2v) is 5.21. The van der Waals surface area contributed by atoms with E-state index in [-0.39, 0.29) is 11.8 Å². The van der Waals surface area contributed by atoms with Gasteiger partial charge in [-0.1, -0.05) is 25.1 Å². The summed E-state index contributed by atoms with van der Waals surface area (Å²) < 4.78 is 0. The predicted molar refractivity (Wildman–Crippen MR) is 75.6 cm³/mol. The minimum Gasteiger partial charge on any atom is -0.478 e. The maximum Gasteiger partial charge on any atom is 0.335 e. The molecule has 108 valence electrons. The average molecular weight is 276 g/mol. The highest BCUT2D eigenvalue weighted by molar-refractivity contribution is 5.89. The predicted octanol–water partition coefficient (Wildman–Crippen LogP) is 0.899. The Balaban J connectivity index is 1.83. The van der Waals surface area contributed by atoms with Crippen molar-refractivity contribution in [3.8, 4) is 0 Å². The second-order valence-electron chi connectivity index (χ2n) is 5.21. The Labute approximate surface area is 118 Å². The van der Waals surface area contributed by atoms with Gasteiger partial charge in [-0.25, -0.2) is 4.79 Å². The summed E-state index contributed by atoms with van der Waals surface area (Å²) in [5, 5.41) is 15.1. The Morgan fingerprint density at radius 2 is 2.10 bits per heavy atom. The molecule has 2 rings (SSSR count). The third kappa shape index (κ3) is 3.36. The van der Waals surface area contributed by atoms with Crippen LogP contribution in [0.3, 0.4) is 0 Å². The van der Waals surface area contributed by atoms with Crippen molar-refractivity contribution in [1.29, 1.82) is 0 Å². The molecule has 5 heteroatoms. The summed E-state index contributed by atoms with van der Waals surface area (Å²) in [6, 6.07) is 6.89. The van der Waals surface area contributed by atoms with Crippen LogP contribution in [0.25, 0.3) is 0 Å². The van der Waals surface area contributed by atoms with Gasteiger partial charge in [-0.05, 0) is 37.1 Å². The van der Waals surface area contributed by atoms with E-state index >= 15 is 0 Å². The zero-order chi connectivity index (χ0) is 14.5. The Morgan fingerprint density at radius 1 is 1.40 bits per heavy atom. The van der Waals surface area contributed by atoms with E-state index in [2.05, 4.69) is 10.6 Å². The molecule has 1 unspecified atom stereocenters. The van der Waals surface area contributed by atoms with Crippen molar-refractivity contribution in [3.05, 3.63) is 35.4 Å². The van der Waals surface area contributed by atoms with E-state index in [1.807, 2.05) is 13.0 Å². The van der Waals surface area contributed by atoms with Gasteiger partial charge in [0.15, 0.2) is 0 Å². The number of carbonyl (C=O) groups excluding carboxylic acids is 1. The molecule has 5 nitrogen and oxygen atoms in total. The van der Waals surface area contributed by atoms with E-state index in [1.54, 1.807) is 18.2 Å². The third-order valence-electron chi connectivity index (χ3n) is 3.88. The third-order valence-corrected chi connectivity index (χ3v) is 3.88. The van der Waals surface area contributed by atoms with Crippen molar-refractivity contribution < 1.29 is 14.7 Å². The lowest BCUT2D eigenvalue weighted by Gasteiger charge is -2.31. The lowest BCUT2D eigenvalue weighted by molar-refractivity contribution is -0.126. The van der Waals surface area contributed by atoms with Crippen LogP contribution in [0.5, 0.6) is 0 Å². The molecule has 0 saturated carbocycles. The molecule has 1 saturated heterocycles. The SMILES string of the molecule is CC(C(=O)NCCc1ccccc1C(=O)O)C1CNC1. The van der Waals surface area contributed by atoms with Gasteiger partial charge < -0.3 is 15.7 Å². The van der Waals surface area contributed by atoms with Crippen LogP contribution < -0.4 is 10.6 Å². The molecule has 0 bridgehead atoms. The average Bonchev–Trinajstić information content (AvgIpc) is 2.36. The number of amides is 1. The number of rotatable bonds is 6. The highest BCUT2D eigenvalue weighted by Gasteiger charge is 2.28. The summed E-state index contributed by atoms with van der Waals surface area (Å²) in [4.78, 5) is 23.0. The van der Waals surface area contributed by atoms with E-state index in [1.165, 1.54) is 0 Å². The molecular formula is C15H20N2O3. The van der Waals surface area contributed by atoms with Crippen molar-refractivity contribution in [2.24, 2.45) is 11.8 Å². The minimum absolute atomic E-state index is 0.00553. The first-order valence-electron chi connectivity index (χ1n) is 6.89. The first kappa shape index (κ1) is 14.5. The van der Waals surface area contributed by atoms with Gasteiger partial charge in [0.1, 0.15) is 0 Å². The molecule has 1 aromatic carbocycles. The van der Waals surface area contributed by atoms with Crippen LogP contribution >= 0.6 is 0 Å². The van der Waals surface area contributed by atoms with Crippen LogP contribution in [-0.4, -0.2) is 36.6 Å². The number of hydrogen-bond acceptors (Lipinski definition) is 3. The zero-order valence-corrected chi connectivity index (χ0v) is 11.6. The summed E-state index contributed by atoms with van der Waals surface area (Å²) in [6.07, 6.45) is 0.532. The standard InChI is InChI=1S/C15H20N2O3/c1-10(12-8-16-9-12)14(18)17-7-6-11-4-2-3-5-13(11)15(19)20/h2-5,10,12,16H,6-9H2,1H3,(H,17,18)(H,19,20). The Morgan fingerprint density at radius 3 is 2.70 bits per heavy atom. The lowest BCUT2D eigenvalue weighted by Crippen LogP contribution is -2.49. The van der Waals surface area contributed by atoms with Gasteiger partial charge in [-0.3, -0.25) is 4.79 Å². The van der Waals surface area contributed by atoms with Gasteiger partial charge in [0, 0.05) is 12.5 Å². The highest BCUT2D eigenvalue weighted by atomic mass is 16.4. The monoisotopic (exact) mass is 276 g/mol. The molecule has 1 aromatic rings. The largest absolute Gasteiger partial charge is 0.478 e. The topological polar surface area (TPSA) is 78.4 Å². The molecule has 1 aliphatic rings. The first-order chi connectivity index (χ1) is 9.59. The molecule has 0 radical (unpaired) electrons. The number of carboxylic acid groups (broad SMARTS) is 1. The quantitative estimate of drug-likeness (QED) is 0.721. The summed E-state index contributed by atoms with van der Waals surface area (Å²) in [7, 11) is 0. The summed E-state index contributed by atoms with van der Waals surface area (Å²) >= 11 is 0. The van der Waals surface area contributed by atoms with Crippen molar-refractivity contribution in [2.75, 3.05) is 19.6 Å². The van der Waals surface area contributed by atoms with Gasteiger partial charge in [-0.15, -0.1) is 0 Å². The van der Waals surface area contributed by atoms with Gasteiger partial charge in [0.05, 0.1) is 5.56 Å². The molecule has 0 spiro atoms. The molecule has 0 aliphatic carbocycles. The van der Waals surface area contributed by atoms with Crippen LogP contribution in [0.4, 0.5) is 0 Å². The zero-order valence-electron chi connectivity index (χ0n) is 11.6. The van der Waals surface area contributed by atoms with E-state index in [9.17, 15) is 9.59 Å². The van der Waals surface area contributed by atoms with Crippen LogP contribution in [-0.2, 0) is 11.2 Å². The van der Waals surface area contributed by atoms with Crippen LogP contribution in [0.2, 0.25) is 0 Å². The Kier molecular flexibility index (Phi) is 4.74. The van der Waals surface area contributed by atoms with E-state index in [0.29, 0.717) is 24.4 Å². The molecule has 1 aliphatic heterocycles. The maximum absolute atomic E-state index is 11.9. The minimum atomic E-state index is -0.930. The number of hydrogen-bond donors (Lipinski definition) is 3. The fourth-order valence-electron chi connectivity index (χ4n) is 2.31.